The van der Waals surface area contributed by atoms with Crippen molar-refractivity contribution >= 4 is 23.4 Å². The summed E-state index contributed by atoms with van der Waals surface area (Å²) in [5, 5.41) is 8.97. The molecule has 0 saturated carbocycles. The fourth-order valence-electron chi connectivity index (χ4n) is 0.947. The van der Waals surface area contributed by atoms with Crippen LogP contribution in [-0.4, -0.2) is 22.7 Å². The number of pyridine rings is 1. The first-order valence-electron chi connectivity index (χ1n) is 4.38. The van der Waals surface area contributed by atoms with Crippen LogP contribution in [0.25, 0.3) is 0 Å². The van der Waals surface area contributed by atoms with E-state index in [1.54, 1.807) is 0 Å². The number of aromatic carboxylic acids is 1. The van der Waals surface area contributed by atoms with Gasteiger partial charge in [-0.2, -0.15) is 4.98 Å². The van der Waals surface area contributed by atoms with Crippen LogP contribution in [0.15, 0.2) is 6.07 Å². The second-order valence-corrected chi connectivity index (χ2v) is 3.27. The molecule has 0 atom stereocenters. The number of rotatable bonds is 4. The minimum absolute atomic E-state index is 0.00579. The van der Waals surface area contributed by atoms with E-state index in [1.807, 2.05) is 6.92 Å². The number of nitrogens with two attached hydrogens (primary N) is 1. The Bertz CT molecular complexity index is 382. The molecule has 15 heavy (non-hydrogen) atoms. The van der Waals surface area contributed by atoms with E-state index in [2.05, 4.69) is 4.98 Å². The van der Waals surface area contributed by atoms with Crippen LogP contribution in [0.2, 0.25) is 5.02 Å². The molecule has 0 bridgehead atoms. The van der Waals surface area contributed by atoms with Crippen molar-refractivity contribution in [3.8, 4) is 5.88 Å². The molecule has 0 saturated heterocycles. The largest absolute Gasteiger partial charge is 0.477 e. The van der Waals surface area contributed by atoms with Crippen LogP contribution < -0.4 is 10.5 Å². The standard InChI is InChI=1S/C9H11ClN2O3/c1-2-3-15-8-5(9(13)14)4-6(10)7(11)12-8/h4H,2-3H2,1H3,(H2,11,12)(H,13,14). The molecule has 0 aromatic carbocycles. The van der Waals surface area contributed by atoms with Gasteiger partial charge in [-0.1, -0.05) is 18.5 Å². The van der Waals surface area contributed by atoms with Gasteiger partial charge in [0.25, 0.3) is 0 Å². The Morgan fingerprint density at radius 3 is 2.93 bits per heavy atom. The average Bonchev–Trinajstić information content (AvgIpc) is 2.19. The third-order valence-electron chi connectivity index (χ3n) is 1.64. The smallest absolute Gasteiger partial charge is 0.341 e. The number of aromatic nitrogens is 1. The Balaban J connectivity index is 3.10. The van der Waals surface area contributed by atoms with Crippen molar-refractivity contribution in [2.45, 2.75) is 13.3 Å². The molecule has 0 aliphatic carbocycles. The van der Waals surface area contributed by atoms with E-state index in [9.17, 15) is 4.79 Å². The lowest BCUT2D eigenvalue weighted by atomic mass is 10.2. The summed E-state index contributed by atoms with van der Waals surface area (Å²) < 4.78 is 5.15. The molecule has 3 N–H and O–H groups in total. The number of hydrogen-bond acceptors (Lipinski definition) is 4. The molecule has 1 heterocycles. The molecule has 1 rings (SSSR count). The van der Waals surface area contributed by atoms with Crippen LogP contribution >= 0.6 is 11.6 Å². The van der Waals surface area contributed by atoms with Gasteiger partial charge in [-0.15, -0.1) is 0 Å². The van der Waals surface area contributed by atoms with E-state index in [-0.39, 0.29) is 22.3 Å². The lowest BCUT2D eigenvalue weighted by molar-refractivity contribution is 0.0691. The van der Waals surface area contributed by atoms with Gasteiger partial charge in [0.15, 0.2) is 0 Å². The summed E-state index contributed by atoms with van der Waals surface area (Å²) in [6.07, 6.45) is 0.753. The summed E-state index contributed by atoms with van der Waals surface area (Å²) in [5.41, 5.74) is 5.36. The van der Waals surface area contributed by atoms with Gasteiger partial charge in [0.05, 0.1) is 11.6 Å². The molecule has 6 heteroatoms. The molecule has 0 spiro atoms. The molecule has 0 amide bonds. The van der Waals surface area contributed by atoms with Gasteiger partial charge in [0.1, 0.15) is 11.4 Å². The SMILES string of the molecule is CCCOc1nc(N)c(Cl)cc1C(=O)O. The van der Waals surface area contributed by atoms with Crippen molar-refractivity contribution in [2.75, 3.05) is 12.3 Å². The molecule has 0 aliphatic heterocycles. The number of carboxylic acid groups (broad SMARTS) is 1. The fraction of sp³-hybridized carbons (Fsp3) is 0.333. The van der Waals surface area contributed by atoms with Crippen molar-refractivity contribution in [3.63, 3.8) is 0 Å². The number of carboxylic acids is 1. The molecule has 5 nitrogen and oxygen atoms in total. The van der Waals surface area contributed by atoms with Crippen molar-refractivity contribution in [2.24, 2.45) is 0 Å². The molecule has 1 aromatic heterocycles. The number of ether oxygens (including phenoxy) is 1. The maximum Gasteiger partial charge on any atom is 0.341 e. The second-order valence-electron chi connectivity index (χ2n) is 2.86. The molecule has 0 aliphatic rings. The van der Waals surface area contributed by atoms with Crippen LogP contribution in [0.1, 0.15) is 23.7 Å². The number of nitrogens with zero attached hydrogens (tertiary/aromatic N) is 1. The van der Waals surface area contributed by atoms with E-state index < -0.39 is 5.97 Å². The van der Waals surface area contributed by atoms with Gasteiger partial charge < -0.3 is 15.6 Å². The third kappa shape index (κ3) is 2.73. The van der Waals surface area contributed by atoms with Gasteiger partial charge >= 0.3 is 5.97 Å². The van der Waals surface area contributed by atoms with Crippen molar-refractivity contribution in [1.82, 2.24) is 4.98 Å². The summed E-state index contributed by atoms with van der Waals surface area (Å²) in [7, 11) is 0. The quantitative estimate of drug-likeness (QED) is 0.824. The Kier molecular flexibility index (Phi) is 3.74. The van der Waals surface area contributed by atoms with Crippen LogP contribution in [0.4, 0.5) is 5.82 Å². The lowest BCUT2D eigenvalue weighted by Crippen LogP contribution is -2.07. The van der Waals surface area contributed by atoms with Gasteiger partial charge in [-0.25, -0.2) is 4.79 Å². The Morgan fingerprint density at radius 1 is 1.73 bits per heavy atom. The summed E-state index contributed by atoms with van der Waals surface area (Å²) in [6, 6.07) is 1.23. The Morgan fingerprint density at radius 2 is 2.40 bits per heavy atom. The van der Waals surface area contributed by atoms with Gasteiger partial charge in [0, 0.05) is 0 Å². The molecular weight excluding hydrogens is 220 g/mol. The average molecular weight is 231 g/mol. The molecule has 0 fully saturated rings. The number of carbonyl (C=O) groups is 1. The van der Waals surface area contributed by atoms with Crippen LogP contribution in [-0.2, 0) is 0 Å². The number of hydrogen-bond donors (Lipinski definition) is 2. The summed E-state index contributed by atoms with van der Waals surface area (Å²) >= 11 is 5.66. The minimum atomic E-state index is -1.14. The van der Waals surface area contributed by atoms with Crippen LogP contribution in [0.5, 0.6) is 5.88 Å². The van der Waals surface area contributed by atoms with Gasteiger partial charge in [0.2, 0.25) is 5.88 Å². The fourth-order valence-corrected chi connectivity index (χ4v) is 1.10. The minimum Gasteiger partial charge on any atom is -0.477 e. The van der Waals surface area contributed by atoms with E-state index in [0.29, 0.717) is 6.61 Å². The highest BCUT2D eigenvalue weighted by molar-refractivity contribution is 6.33. The molecule has 0 radical (unpaired) electrons. The van der Waals surface area contributed by atoms with E-state index >= 15 is 0 Å². The van der Waals surface area contributed by atoms with Crippen molar-refractivity contribution < 1.29 is 14.6 Å². The predicted octanol–water partition coefficient (Wildman–Crippen LogP) is 1.80. The zero-order valence-corrected chi connectivity index (χ0v) is 8.91. The molecular formula is C9H11ClN2O3. The third-order valence-corrected chi connectivity index (χ3v) is 1.94. The number of halogens is 1. The summed E-state index contributed by atoms with van der Waals surface area (Å²) in [5.74, 6) is -1.07. The van der Waals surface area contributed by atoms with Crippen molar-refractivity contribution in [1.29, 1.82) is 0 Å². The second kappa shape index (κ2) is 4.84. The van der Waals surface area contributed by atoms with Crippen molar-refractivity contribution in [3.05, 3.63) is 16.7 Å². The first-order valence-corrected chi connectivity index (χ1v) is 4.76. The van der Waals surface area contributed by atoms with Crippen LogP contribution in [0, 0.1) is 0 Å². The van der Waals surface area contributed by atoms with E-state index in [4.69, 9.17) is 27.2 Å². The topological polar surface area (TPSA) is 85.4 Å². The monoisotopic (exact) mass is 230 g/mol. The number of anilines is 1. The molecule has 82 valence electrons. The zero-order valence-electron chi connectivity index (χ0n) is 8.16. The highest BCUT2D eigenvalue weighted by atomic mass is 35.5. The summed E-state index contributed by atoms with van der Waals surface area (Å²) in [4.78, 5) is 14.6. The number of nitrogen functional groups attached to an aromatic ring is 1. The van der Waals surface area contributed by atoms with E-state index in [1.165, 1.54) is 6.07 Å². The highest BCUT2D eigenvalue weighted by Crippen LogP contribution is 2.25. The van der Waals surface area contributed by atoms with Gasteiger partial charge in [-0.05, 0) is 12.5 Å². The highest BCUT2D eigenvalue weighted by Gasteiger charge is 2.15. The Hall–Kier alpha value is -1.49. The maximum atomic E-state index is 10.8. The molecule has 1 aromatic rings. The van der Waals surface area contributed by atoms with Crippen LogP contribution in [0.3, 0.4) is 0 Å². The first-order chi connectivity index (χ1) is 7.06. The molecule has 0 unspecified atom stereocenters. The van der Waals surface area contributed by atoms with Gasteiger partial charge in [-0.3, -0.25) is 0 Å². The first kappa shape index (κ1) is 11.6. The van der Waals surface area contributed by atoms with E-state index in [0.717, 1.165) is 6.42 Å². The Labute approximate surface area is 91.8 Å². The predicted molar refractivity (Wildman–Crippen MR) is 56.4 cm³/mol. The lowest BCUT2D eigenvalue weighted by Gasteiger charge is -2.08. The normalized spacial score (nSPS) is 10.0. The zero-order chi connectivity index (χ0) is 11.4. The summed E-state index contributed by atoms with van der Waals surface area (Å²) in [6.45, 7) is 2.29. The maximum absolute atomic E-state index is 10.8.